The zero-order valence-corrected chi connectivity index (χ0v) is 8.16. The molecule has 0 aliphatic rings. The van der Waals surface area contributed by atoms with Crippen LogP contribution in [0.5, 0.6) is 0 Å². The highest BCUT2D eigenvalue weighted by Crippen LogP contribution is 2.30. The molecule has 5 nitrogen and oxygen atoms in total. The predicted octanol–water partition coefficient (Wildman–Crippen LogP) is 1.26. The quantitative estimate of drug-likeness (QED) is 0.341. The minimum absolute atomic E-state index is 0.0172. The Morgan fingerprint density at radius 3 is 2.86 bits per heavy atom. The summed E-state index contributed by atoms with van der Waals surface area (Å²) in [5, 5.41) is 19.2. The third-order valence-electron chi connectivity index (χ3n) is 1.53. The average molecular weight is 214 g/mol. The zero-order valence-electron chi connectivity index (χ0n) is 7.34. The van der Waals surface area contributed by atoms with Crippen molar-refractivity contribution < 1.29 is 10.0 Å². The van der Waals surface area contributed by atoms with Crippen molar-refractivity contribution in [1.82, 2.24) is 0 Å². The Bertz CT molecular complexity index is 343. The Morgan fingerprint density at radius 1 is 1.57 bits per heavy atom. The average Bonchev–Trinajstić information content (AvgIpc) is 2.14. The van der Waals surface area contributed by atoms with E-state index in [0.29, 0.717) is 16.3 Å². The van der Waals surface area contributed by atoms with Gasteiger partial charge in [0.2, 0.25) is 0 Å². The number of aliphatic hydroxyl groups is 1. The molecule has 0 bridgehead atoms. The van der Waals surface area contributed by atoms with Gasteiger partial charge in [-0.1, -0.05) is 0 Å². The largest absolute Gasteiger partial charge is 0.399 e. The van der Waals surface area contributed by atoms with E-state index in [1.807, 2.05) is 0 Å². The van der Waals surface area contributed by atoms with Crippen LogP contribution in [0, 0.1) is 10.1 Å². The van der Waals surface area contributed by atoms with Crippen molar-refractivity contribution in [2.24, 2.45) is 0 Å². The number of nitrogen functional groups attached to an aromatic ring is 1. The molecule has 0 heterocycles. The summed E-state index contributed by atoms with van der Waals surface area (Å²) >= 11 is 1.22. The van der Waals surface area contributed by atoms with E-state index >= 15 is 0 Å². The number of hydrogen-bond acceptors (Lipinski definition) is 5. The van der Waals surface area contributed by atoms with Crippen LogP contribution in [0.2, 0.25) is 0 Å². The third-order valence-corrected chi connectivity index (χ3v) is 2.55. The van der Waals surface area contributed by atoms with Gasteiger partial charge in [0.15, 0.2) is 0 Å². The van der Waals surface area contributed by atoms with E-state index in [1.165, 1.54) is 23.9 Å². The number of nitrogens with two attached hydrogens (primary N) is 1. The summed E-state index contributed by atoms with van der Waals surface area (Å²) in [6.45, 7) is -0.0172. The number of thioether (sulfide) groups is 1. The van der Waals surface area contributed by atoms with Crippen molar-refractivity contribution >= 4 is 23.1 Å². The second-order valence-corrected chi connectivity index (χ2v) is 3.69. The van der Waals surface area contributed by atoms with E-state index in [1.54, 1.807) is 6.07 Å². The molecule has 0 aliphatic carbocycles. The van der Waals surface area contributed by atoms with Gasteiger partial charge < -0.3 is 10.8 Å². The van der Waals surface area contributed by atoms with Gasteiger partial charge in [0, 0.05) is 17.5 Å². The van der Waals surface area contributed by atoms with Crippen LogP contribution in [-0.4, -0.2) is 22.4 Å². The van der Waals surface area contributed by atoms with Crippen LogP contribution >= 0.6 is 11.8 Å². The molecule has 0 saturated heterocycles. The van der Waals surface area contributed by atoms with Crippen molar-refractivity contribution in [3.63, 3.8) is 0 Å². The van der Waals surface area contributed by atoms with Gasteiger partial charge in [-0.05, 0) is 12.1 Å². The first-order valence-corrected chi connectivity index (χ1v) is 4.91. The van der Waals surface area contributed by atoms with Crippen LogP contribution in [0.25, 0.3) is 0 Å². The highest BCUT2D eigenvalue weighted by atomic mass is 32.2. The van der Waals surface area contributed by atoms with Gasteiger partial charge in [-0.15, -0.1) is 11.8 Å². The standard InChI is InChI=1S/C8H10N2O3S/c9-6-1-2-7(10(12)13)8(5-6)14-4-3-11/h1-2,5,11H,3-4,9H2. The molecule has 1 rings (SSSR count). The number of nitrogens with zero attached hydrogens (tertiary/aromatic N) is 1. The van der Waals surface area contributed by atoms with Gasteiger partial charge in [-0.3, -0.25) is 10.1 Å². The van der Waals surface area contributed by atoms with Crippen LogP contribution in [0.1, 0.15) is 0 Å². The molecule has 0 saturated carbocycles. The molecule has 14 heavy (non-hydrogen) atoms. The summed E-state index contributed by atoms with van der Waals surface area (Å²) in [5.41, 5.74) is 6.01. The first kappa shape index (κ1) is 10.8. The molecule has 0 aromatic heterocycles. The maximum absolute atomic E-state index is 10.6. The zero-order chi connectivity index (χ0) is 10.6. The van der Waals surface area contributed by atoms with Crippen LogP contribution in [0.3, 0.4) is 0 Å². The lowest BCUT2D eigenvalue weighted by Crippen LogP contribution is -1.94. The van der Waals surface area contributed by atoms with E-state index < -0.39 is 4.92 Å². The Kier molecular flexibility index (Phi) is 3.73. The fourth-order valence-corrected chi connectivity index (χ4v) is 1.77. The molecule has 0 spiro atoms. The maximum atomic E-state index is 10.6. The van der Waals surface area contributed by atoms with E-state index in [4.69, 9.17) is 10.8 Å². The number of nitro groups is 1. The van der Waals surface area contributed by atoms with Crippen LogP contribution in [-0.2, 0) is 0 Å². The minimum atomic E-state index is -0.459. The van der Waals surface area contributed by atoms with Gasteiger partial charge in [0.05, 0.1) is 16.4 Å². The van der Waals surface area contributed by atoms with Crippen LogP contribution in [0.4, 0.5) is 11.4 Å². The first-order chi connectivity index (χ1) is 6.65. The lowest BCUT2D eigenvalue weighted by atomic mass is 10.3. The summed E-state index contributed by atoms with van der Waals surface area (Å²) in [6, 6.07) is 4.40. The van der Waals surface area contributed by atoms with E-state index in [9.17, 15) is 10.1 Å². The molecule has 1 aromatic rings. The highest BCUT2D eigenvalue weighted by molar-refractivity contribution is 7.99. The maximum Gasteiger partial charge on any atom is 0.283 e. The van der Waals surface area contributed by atoms with Gasteiger partial charge in [-0.2, -0.15) is 0 Å². The summed E-state index contributed by atoms with van der Waals surface area (Å²) in [6.07, 6.45) is 0. The molecule has 3 N–H and O–H groups in total. The van der Waals surface area contributed by atoms with Gasteiger partial charge in [-0.25, -0.2) is 0 Å². The molecule has 0 atom stereocenters. The second-order valence-electron chi connectivity index (χ2n) is 2.56. The molecule has 0 fully saturated rings. The Morgan fingerprint density at radius 2 is 2.29 bits per heavy atom. The van der Waals surface area contributed by atoms with Crippen molar-refractivity contribution in [3.8, 4) is 0 Å². The molecule has 0 unspecified atom stereocenters. The molecule has 76 valence electrons. The fraction of sp³-hybridized carbons (Fsp3) is 0.250. The number of nitro benzene ring substituents is 1. The molecule has 6 heteroatoms. The number of hydrogen-bond donors (Lipinski definition) is 2. The third kappa shape index (κ3) is 2.61. The summed E-state index contributed by atoms with van der Waals surface area (Å²) in [5.74, 6) is 0.421. The second kappa shape index (κ2) is 4.83. The number of anilines is 1. The highest BCUT2D eigenvalue weighted by Gasteiger charge is 2.13. The van der Waals surface area contributed by atoms with Crippen molar-refractivity contribution in [2.75, 3.05) is 18.1 Å². The van der Waals surface area contributed by atoms with Gasteiger partial charge >= 0.3 is 0 Å². The molecular weight excluding hydrogens is 204 g/mol. The normalized spacial score (nSPS) is 10.1. The van der Waals surface area contributed by atoms with Crippen molar-refractivity contribution in [1.29, 1.82) is 0 Å². The summed E-state index contributed by atoms with van der Waals surface area (Å²) in [7, 11) is 0. The Labute approximate surface area is 85.1 Å². The van der Waals surface area contributed by atoms with Crippen molar-refractivity contribution in [2.45, 2.75) is 4.90 Å². The lowest BCUT2D eigenvalue weighted by molar-refractivity contribution is -0.387. The topological polar surface area (TPSA) is 89.4 Å². The summed E-state index contributed by atoms with van der Waals surface area (Å²) in [4.78, 5) is 10.6. The first-order valence-electron chi connectivity index (χ1n) is 3.92. The molecule has 0 aliphatic heterocycles. The number of rotatable bonds is 4. The van der Waals surface area contributed by atoms with Crippen LogP contribution < -0.4 is 5.73 Å². The minimum Gasteiger partial charge on any atom is -0.399 e. The van der Waals surface area contributed by atoms with Crippen LogP contribution in [0.15, 0.2) is 23.1 Å². The molecule has 0 radical (unpaired) electrons. The van der Waals surface area contributed by atoms with E-state index in [0.717, 1.165) is 0 Å². The Balaban J connectivity index is 2.97. The van der Waals surface area contributed by atoms with E-state index in [2.05, 4.69) is 0 Å². The SMILES string of the molecule is Nc1ccc([N+](=O)[O-])c(SCCO)c1. The smallest absolute Gasteiger partial charge is 0.283 e. The van der Waals surface area contributed by atoms with E-state index in [-0.39, 0.29) is 12.3 Å². The lowest BCUT2D eigenvalue weighted by Gasteiger charge is -2.02. The van der Waals surface area contributed by atoms with Crippen molar-refractivity contribution in [3.05, 3.63) is 28.3 Å². The summed E-state index contributed by atoms with van der Waals surface area (Å²) < 4.78 is 0. The molecular formula is C8H10N2O3S. The van der Waals surface area contributed by atoms with Gasteiger partial charge in [0.25, 0.3) is 5.69 Å². The fourth-order valence-electron chi connectivity index (χ4n) is 0.953. The monoisotopic (exact) mass is 214 g/mol. The predicted molar refractivity (Wildman–Crippen MR) is 55.3 cm³/mol. The number of benzene rings is 1. The molecule has 1 aromatic carbocycles. The molecule has 0 amide bonds. The Hall–Kier alpha value is -1.27. The van der Waals surface area contributed by atoms with Gasteiger partial charge in [0.1, 0.15) is 0 Å². The number of aliphatic hydroxyl groups excluding tert-OH is 1.